The van der Waals surface area contributed by atoms with Gasteiger partial charge in [-0.05, 0) is 37.8 Å². The molecule has 1 atom stereocenters. The first-order chi connectivity index (χ1) is 9.79. The summed E-state index contributed by atoms with van der Waals surface area (Å²) in [6.45, 7) is 4.80. The Hall–Kier alpha value is -1.39. The molecule has 1 aromatic heterocycles. The maximum atomic E-state index is 6.42. The molecule has 20 heavy (non-hydrogen) atoms. The van der Waals surface area contributed by atoms with Crippen molar-refractivity contribution in [3.8, 4) is 0 Å². The van der Waals surface area contributed by atoms with E-state index in [0.29, 0.717) is 5.92 Å². The monoisotopic (exact) mass is 273 g/mol. The molecule has 0 amide bonds. The standard InChI is InChI=1S/C16H23N3O/c1-2-19-15-6-4-3-5-14(15)18-16(19)11-13(17)12-7-9-20-10-8-12/h3-6,12-13H,2,7-11,17H2,1H3. The molecule has 0 saturated carbocycles. The number of hydrogen-bond acceptors (Lipinski definition) is 3. The van der Waals surface area contributed by atoms with Crippen molar-refractivity contribution >= 4 is 11.0 Å². The quantitative estimate of drug-likeness (QED) is 0.930. The molecule has 4 heteroatoms. The van der Waals surface area contributed by atoms with Crippen LogP contribution in [0.4, 0.5) is 0 Å². The van der Waals surface area contributed by atoms with Crippen molar-refractivity contribution in [3.63, 3.8) is 0 Å². The maximum Gasteiger partial charge on any atom is 0.111 e. The van der Waals surface area contributed by atoms with E-state index in [1.807, 2.05) is 6.07 Å². The zero-order chi connectivity index (χ0) is 13.9. The highest BCUT2D eigenvalue weighted by molar-refractivity contribution is 5.75. The molecular weight excluding hydrogens is 250 g/mol. The Morgan fingerprint density at radius 1 is 1.35 bits per heavy atom. The molecule has 1 aliphatic rings. The molecule has 0 bridgehead atoms. The van der Waals surface area contributed by atoms with E-state index in [1.165, 1.54) is 5.52 Å². The van der Waals surface area contributed by atoms with Gasteiger partial charge in [0.15, 0.2) is 0 Å². The number of nitrogens with zero attached hydrogens (tertiary/aromatic N) is 2. The minimum Gasteiger partial charge on any atom is -0.381 e. The Kier molecular flexibility index (Phi) is 4.03. The molecule has 0 spiro atoms. The Bertz CT molecular complexity index is 572. The summed E-state index contributed by atoms with van der Waals surface area (Å²) < 4.78 is 7.70. The highest BCUT2D eigenvalue weighted by atomic mass is 16.5. The van der Waals surface area contributed by atoms with Crippen LogP contribution in [0.15, 0.2) is 24.3 Å². The number of ether oxygens (including phenoxy) is 1. The zero-order valence-electron chi connectivity index (χ0n) is 12.1. The average molecular weight is 273 g/mol. The van der Waals surface area contributed by atoms with Gasteiger partial charge >= 0.3 is 0 Å². The highest BCUT2D eigenvalue weighted by Gasteiger charge is 2.23. The lowest BCUT2D eigenvalue weighted by Gasteiger charge is -2.27. The molecule has 1 aliphatic heterocycles. The zero-order valence-corrected chi connectivity index (χ0v) is 12.1. The van der Waals surface area contributed by atoms with Crippen LogP contribution in [-0.4, -0.2) is 28.8 Å². The van der Waals surface area contributed by atoms with Crippen molar-refractivity contribution in [3.05, 3.63) is 30.1 Å². The lowest BCUT2D eigenvalue weighted by atomic mass is 9.90. The van der Waals surface area contributed by atoms with Crippen molar-refractivity contribution < 1.29 is 4.74 Å². The summed E-state index contributed by atoms with van der Waals surface area (Å²) >= 11 is 0. The van der Waals surface area contributed by atoms with E-state index in [0.717, 1.165) is 50.4 Å². The van der Waals surface area contributed by atoms with Crippen molar-refractivity contribution in [1.82, 2.24) is 9.55 Å². The molecule has 1 unspecified atom stereocenters. The molecule has 1 aromatic carbocycles. The minimum absolute atomic E-state index is 0.181. The van der Waals surface area contributed by atoms with Gasteiger partial charge in [0.1, 0.15) is 5.82 Å². The molecule has 4 nitrogen and oxygen atoms in total. The van der Waals surface area contributed by atoms with Crippen molar-refractivity contribution in [1.29, 1.82) is 0 Å². The van der Waals surface area contributed by atoms with Crippen LogP contribution in [0.3, 0.4) is 0 Å². The third-order valence-corrected chi connectivity index (χ3v) is 4.34. The van der Waals surface area contributed by atoms with Gasteiger partial charge in [-0.25, -0.2) is 4.98 Å². The number of benzene rings is 1. The second-order valence-electron chi connectivity index (χ2n) is 5.58. The average Bonchev–Trinajstić information content (AvgIpc) is 2.85. The van der Waals surface area contributed by atoms with Crippen molar-refractivity contribution in [2.45, 2.75) is 38.8 Å². The Labute approximate surface area is 119 Å². The molecule has 2 aromatic rings. The summed E-state index contributed by atoms with van der Waals surface area (Å²) in [4.78, 5) is 4.77. The van der Waals surface area contributed by atoms with Crippen LogP contribution in [0.25, 0.3) is 11.0 Å². The van der Waals surface area contributed by atoms with Gasteiger partial charge in [-0.1, -0.05) is 12.1 Å². The maximum absolute atomic E-state index is 6.42. The van der Waals surface area contributed by atoms with Gasteiger partial charge in [0.2, 0.25) is 0 Å². The molecule has 2 N–H and O–H groups in total. The Morgan fingerprint density at radius 3 is 2.85 bits per heavy atom. The van der Waals surface area contributed by atoms with E-state index >= 15 is 0 Å². The van der Waals surface area contributed by atoms with Crippen LogP contribution < -0.4 is 5.73 Å². The molecule has 3 rings (SSSR count). The number of nitrogens with two attached hydrogens (primary N) is 1. The van der Waals surface area contributed by atoms with Gasteiger partial charge in [0, 0.05) is 32.2 Å². The first-order valence-electron chi connectivity index (χ1n) is 7.57. The number of hydrogen-bond donors (Lipinski definition) is 1. The fourth-order valence-corrected chi connectivity index (χ4v) is 3.16. The summed E-state index contributed by atoms with van der Waals surface area (Å²) in [6.07, 6.45) is 3.01. The lowest BCUT2D eigenvalue weighted by molar-refractivity contribution is 0.0582. The lowest BCUT2D eigenvalue weighted by Crippen LogP contribution is -2.36. The number of rotatable bonds is 4. The number of para-hydroxylation sites is 2. The molecular formula is C16H23N3O. The van der Waals surface area contributed by atoms with Gasteiger partial charge in [0.05, 0.1) is 11.0 Å². The van der Waals surface area contributed by atoms with Crippen LogP contribution in [0, 0.1) is 5.92 Å². The highest BCUT2D eigenvalue weighted by Crippen LogP contribution is 2.22. The summed E-state index contributed by atoms with van der Waals surface area (Å²) in [7, 11) is 0. The molecule has 0 aliphatic carbocycles. The SMILES string of the molecule is CCn1c(CC(N)C2CCOCC2)nc2ccccc21. The van der Waals surface area contributed by atoms with Crippen molar-refractivity contribution in [2.24, 2.45) is 11.7 Å². The van der Waals surface area contributed by atoms with Crippen LogP contribution in [0.2, 0.25) is 0 Å². The molecule has 108 valence electrons. The first-order valence-corrected chi connectivity index (χ1v) is 7.57. The van der Waals surface area contributed by atoms with Gasteiger partial charge in [-0.15, -0.1) is 0 Å². The summed E-state index contributed by atoms with van der Waals surface area (Å²) in [5.41, 5.74) is 8.70. The van der Waals surface area contributed by atoms with Gasteiger partial charge in [-0.3, -0.25) is 0 Å². The number of aromatic nitrogens is 2. The normalized spacial score (nSPS) is 18.5. The topological polar surface area (TPSA) is 53.1 Å². The van der Waals surface area contributed by atoms with E-state index in [-0.39, 0.29) is 6.04 Å². The Balaban J connectivity index is 1.82. The van der Waals surface area contributed by atoms with Crippen LogP contribution >= 0.6 is 0 Å². The summed E-state index contributed by atoms with van der Waals surface area (Å²) in [5.74, 6) is 1.68. The molecule has 1 fully saturated rings. The first kappa shape index (κ1) is 13.6. The van der Waals surface area contributed by atoms with Crippen LogP contribution in [0.1, 0.15) is 25.6 Å². The van der Waals surface area contributed by atoms with Crippen molar-refractivity contribution in [2.75, 3.05) is 13.2 Å². The second-order valence-corrected chi connectivity index (χ2v) is 5.58. The summed E-state index contributed by atoms with van der Waals surface area (Å²) in [6, 6.07) is 8.50. The van der Waals surface area contributed by atoms with Gasteiger partial charge < -0.3 is 15.0 Å². The summed E-state index contributed by atoms with van der Waals surface area (Å²) in [5, 5.41) is 0. The fourth-order valence-electron chi connectivity index (χ4n) is 3.16. The predicted octanol–water partition coefficient (Wildman–Crippen LogP) is 2.35. The van der Waals surface area contributed by atoms with E-state index in [1.54, 1.807) is 0 Å². The molecule has 2 heterocycles. The fraction of sp³-hybridized carbons (Fsp3) is 0.562. The smallest absolute Gasteiger partial charge is 0.111 e. The van der Waals surface area contributed by atoms with E-state index in [4.69, 9.17) is 15.5 Å². The molecule has 0 radical (unpaired) electrons. The third kappa shape index (κ3) is 2.58. The molecule has 1 saturated heterocycles. The van der Waals surface area contributed by atoms with E-state index in [9.17, 15) is 0 Å². The minimum atomic E-state index is 0.181. The van der Waals surface area contributed by atoms with Gasteiger partial charge in [-0.2, -0.15) is 0 Å². The predicted molar refractivity (Wildman–Crippen MR) is 80.6 cm³/mol. The largest absolute Gasteiger partial charge is 0.381 e. The number of imidazole rings is 1. The third-order valence-electron chi connectivity index (χ3n) is 4.34. The van der Waals surface area contributed by atoms with Gasteiger partial charge in [0.25, 0.3) is 0 Å². The van der Waals surface area contributed by atoms with Crippen LogP contribution in [-0.2, 0) is 17.7 Å². The number of fused-ring (bicyclic) bond motifs is 1. The van der Waals surface area contributed by atoms with E-state index in [2.05, 4.69) is 29.7 Å². The van der Waals surface area contributed by atoms with Crippen LogP contribution in [0.5, 0.6) is 0 Å². The second kappa shape index (κ2) is 5.94. The number of aryl methyl sites for hydroxylation is 1. The van der Waals surface area contributed by atoms with E-state index < -0.39 is 0 Å². The Morgan fingerprint density at radius 2 is 2.10 bits per heavy atom.